The monoisotopic (exact) mass is 458 g/mol. The molecule has 1 fully saturated rings. The van der Waals surface area contributed by atoms with Crippen LogP contribution in [-0.2, 0) is 11.2 Å². The quantitative estimate of drug-likeness (QED) is 0.439. The van der Waals surface area contributed by atoms with Crippen LogP contribution in [0.2, 0.25) is 0 Å². The summed E-state index contributed by atoms with van der Waals surface area (Å²) in [6, 6.07) is 15.7. The average Bonchev–Trinajstić information content (AvgIpc) is 3.37. The van der Waals surface area contributed by atoms with Crippen LogP contribution in [0.3, 0.4) is 0 Å². The zero-order chi connectivity index (χ0) is 23.5. The van der Waals surface area contributed by atoms with Gasteiger partial charge in [0.15, 0.2) is 11.5 Å². The van der Waals surface area contributed by atoms with Gasteiger partial charge >= 0.3 is 0 Å². The summed E-state index contributed by atoms with van der Waals surface area (Å²) in [7, 11) is 3.19. The molecule has 2 aromatic carbocycles. The summed E-state index contributed by atoms with van der Waals surface area (Å²) in [5, 5.41) is 4.42. The van der Waals surface area contributed by atoms with Gasteiger partial charge in [0.05, 0.1) is 20.6 Å². The molecule has 1 amide bonds. The molecule has 0 unspecified atom stereocenters. The fourth-order valence-corrected chi connectivity index (χ4v) is 4.34. The van der Waals surface area contributed by atoms with E-state index >= 15 is 0 Å². The van der Waals surface area contributed by atoms with Crippen LogP contribution in [0.1, 0.15) is 5.56 Å². The molecule has 0 aliphatic carbocycles. The molecule has 0 N–H and O–H groups in total. The second-order valence-corrected chi connectivity index (χ2v) is 8.07. The summed E-state index contributed by atoms with van der Waals surface area (Å²) in [5.41, 5.74) is 2.95. The fourth-order valence-electron chi connectivity index (χ4n) is 4.34. The number of benzene rings is 2. The molecule has 5 rings (SSSR count). The second-order valence-electron chi connectivity index (χ2n) is 8.07. The van der Waals surface area contributed by atoms with Gasteiger partial charge in [-0.2, -0.15) is 14.6 Å². The molecule has 0 saturated carbocycles. The Labute approximate surface area is 197 Å². The molecule has 0 radical (unpaired) electrons. The van der Waals surface area contributed by atoms with E-state index in [1.807, 2.05) is 47.5 Å². The van der Waals surface area contributed by atoms with Crippen molar-refractivity contribution in [2.24, 2.45) is 0 Å². The number of hydrogen-bond donors (Lipinski definition) is 0. The molecule has 1 saturated heterocycles. The molecule has 0 spiro atoms. The summed E-state index contributed by atoms with van der Waals surface area (Å²) >= 11 is 0. The number of aromatic nitrogens is 4. The predicted octanol–water partition coefficient (Wildman–Crippen LogP) is 2.70. The van der Waals surface area contributed by atoms with Crippen molar-refractivity contribution < 1.29 is 14.3 Å². The van der Waals surface area contributed by atoms with Crippen LogP contribution in [0, 0.1) is 0 Å². The van der Waals surface area contributed by atoms with Crippen molar-refractivity contribution in [1.29, 1.82) is 0 Å². The fraction of sp³-hybridized carbons (Fsp3) is 0.280. The Hall–Kier alpha value is -4.14. The molecule has 174 valence electrons. The molecule has 0 bridgehead atoms. The summed E-state index contributed by atoms with van der Waals surface area (Å²) in [4.78, 5) is 25.9. The third kappa shape index (κ3) is 4.12. The molecular formula is C25H26N6O3. The molecule has 3 heterocycles. The average molecular weight is 459 g/mol. The minimum atomic E-state index is 0.0933. The number of anilines is 1. The first-order valence-electron chi connectivity index (χ1n) is 11.2. The van der Waals surface area contributed by atoms with Gasteiger partial charge < -0.3 is 19.3 Å². The van der Waals surface area contributed by atoms with E-state index in [1.165, 1.54) is 6.33 Å². The van der Waals surface area contributed by atoms with Crippen molar-refractivity contribution in [2.45, 2.75) is 6.42 Å². The lowest BCUT2D eigenvalue weighted by molar-refractivity contribution is -0.130. The Balaban J connectivity index is 1.33. The maximum absolute atomic E-state index is 13.0. The molecule has 34 heavy (non-hydrogen) atoms. The number of piperazine rings is 1. The van der Waals surface area contributed by atoms with Crippen LogP contribution in [0.25, 0.3) is 16.9 Å². The van der Waals surface area contributed by atoms with Crippen molar-refractivity contribution in [1.82, 2.24) is 24.5 Å². The summed E-state index contributed by atoms with van der Waals surface area (Å²) in [6.07, 6.45) is 3.69. The lowest BCUT2D eigenvalue weighted by atomic mass is 10.1. The van der Waals surface area contributed by atoms with Crippen molar-refractivity contribution in [3.8, 4) is 22.6 Å². The Morgan fingerprint density at radius 2 is 1.71 bits per heavy atom. The standard InChI is InChI=1S/C25H26N6O3/c1-33-21-9-8-18(14-22(21)34-2)15-23(32)29-10-12-30(13-11-29)24-20(19-6-4-3-5-7-19)16-26-25-27-17-28-31(24)25/h3-9,14,16-17H,10-13,15H2,1-2H3. The number of fused-ring (bicyclic) bond motifs is 1. The number of carbonyl (C=O) groups is 1. The third-order valence-electron chi connectivity index (χ3n) is 6.10. The van der Waals surface area contributed by atoms with Gasteiger partial charge in [0.25, 0.3) is 5.78 Å². The minimum absolute atomic E-state index is 0.0933. The van der Waals surface area contributed by atoms with Gasteiger partial charge in [-0.15, -0.1) is 0 Å². The highest BCUT2D eigenvalue weighted by Crippen LogP contribution is 2.31. The number of hydrogen-bond acceptors (Lipinski definition) is 7. The second kappa shape index (κ2) is 9.38. The van der Waals surface area contributed by atoms with E-state index in [1.54, 1.807) is 18.7 Å². The summed E-state index contributed by atoms with van der Waals surface area (Å²) < 4.78 is 12.4. The number of carbonyl (C=O) groups excluding carboxylic acids is 1. The maximum atomic E-state index is 13.0. The number of rotatable bonds is 6. The molecule has 1 aliphatic heterocycles. The topological polar surface area (TPSA) is 85.1 Å². The molecule has 1 aliphatic rings. The maximum Gasteiger partial charge on any atom is 0.254 e. The number of amides is 1. The van der Waals surface area contributed by atoms with Crippen LogP contribution >= 0.6 is 0 Å². The predicted molar refractivity (Wildman–Crippen MR) is 128 cm³/mol. The van der Waals surface area contributed by atoms with Crippen LogP contribution in [0.4, 0.5) is 5.82 Å². The third-order valence-corrected chi connectivity index (χ3v) is 6.10. The Bertz CT molecular complexity index is 1300. The van der Waals surface area contributed by atoms with Crippen molar-refractivity contribution in [2.75, 3.05) is 45.3 Å². The van der Waals surface area contributed by atoms with E-state index in [0.717, 1.165) is 22.5 Å². The first-order valence-corrected chi connectivity index (χ1v) is 11.2. The zero-order valence-electron chi connectivity index (χ0n) is 19.2. The SMILES string of the molecule is COc1ccc(CC(=O)N2CCN(c3c(-c4ccccc4)cnc4ncnn34)CC2)cc1OC. The van der Waals surface area contributed by atoms with Crippen molar-refractivity contribution in [3.05, 3.63) is 66.6 Å². The van der Waals surface area contributed by atoms with Gasteiger partial charge in [0, 0.05) is 37.9 Å². The minimum Gasteiger partial charge on any atom is -0.493 e. The van der Waals surface area contributed by atoms with Gasteiger partial charge in [-0.3, -0.25) is 4.79 Å². The van der Waals surface area contributed by atoms with Crippen LogP contribution < -0.4 is 14.4 Å². The van der Waals surface area contributed by atoms with Crippen molar-refractivity contribution in [3.63, 3.8) is 0 Å². The highest BCUT2D eigenvalue weighted by atomic mass is 16.5. The van der Waals surface area contributed by atoms with Crippen LogP contribution in [0.15, 0.2) is 61.1 Å². The molecule has 0 atom stereocenters. The van der Waals surface area contributed by atoms with Gasteiger partial charge in [-0.25, -0.2) is 4.98 Å². The smallest absolute Gasteiger partial charge is 0.254 e. The van der Waals surface area contributed by atoms with Gasteiger partial charge in [-0.05, 0) is 23.3 Å². The molecule has 9 nitrogen and oxygen atoms in total. The van der Waals surface area contributed by atoms with Gasteiger partial charge in [0.1, 0.15) is 12.1 Å². The first-order chi connectivity index (χ1) is 16.7. The Morgan fingerprint density at radius 3 is 2.44 bits per heavy atom. The van der Waals surface area contributed by atoms with Gasteiger partial charge in [0.2, 0.25) is 5.91 Å². The van der Waals surface area contributed by atoms with E-state index in [0.29, 0.717) is 49.9 Å². The number of nitrogens with zero attached hydrogens (tertiary/aromatic N) is 6. The molecule has 9 heteroatoms. The van der Waals surface area contributed by atoms with Crippen LogP contribution in [-0.4, -0.2) is 70.8 Å². The number of ether oxygens (including phenoxy) is 2. The zero-order valence-corrected chi connectivity index (χ0v) is 19.2. The van der Waals surface area contributed by atoms with E-state index in [-0.39, 0.29) is 5.91 Å². The van der Waals surface area contributed by atoms with Crippen LogP contribution in [0.5, 0.6) is 11.5 Å². The largest absolute Gasteiger partial charge is 0.493 e. The van der Waals surface area contributed by atoms with Crippen molar-refractivity contribution >= 4 is 17.5 Å². The highest BCUT2D eigenvalue weighted by molar-refractivity contribution is 5.80. The molecular weight excluding hydrogens is 432 g/mol. The van der Waals surface area contributed by atoms with E-state index in [2.05, 4.69) is 32.1 Å². The van der Waals surface area contributed by atoms with Gasteiger partial charge in [-0.1, -0.05) is 36.4 Å². The summed E-state index contributed by atoms with van der Waals surface area (Å²) in [5.74, 6) is 2.87. The lowest BCUT2D eigenvalue weighted by Gasteiger charge is -2.36. The molecule has 2 aromatic heterocycles. The number of methoxy groups -OCH3 is 2. The summed E-state index contributed by atoms with van der Waals surface area (Å²) in [6.45, 7) is 2.63. The highest BCUT2D eigenvalue weighted by Gasteiger charge is 2.26. The lowest BCUT2D eigenvalue weighted by Crippen LogP contribution is -2.49. The Kier molecular flexibility index (Phi) is 5.99. The Morgan fingerprint density at radius 1 is 0.941 bits per heavy atom. The van der Waals surface area contributed by atoms with E-state index < -0.39 is 0 Å². The first kappa shape index (κ1) is 21.7. The normalized spacial score (nSPS) is 13.8. The van der Waals surface area contributed by atoms with E-state index in [9.17, 15) is 4.79 Å². The molecule has 4 aromatic rings. The van der Waals surface area contributed by atoms with E-state index in [4.69, 9.17) is 9.47 Å².